The number of alkyl halides is 3. The third-order valence-electron chi connectivity index (χ3n) is 6.64. The van der Waals surface area contributed by atoms with Crippen molar-refractivity contribution in [1.82, 2.24) is 14.8 Å². The Labute approximate surface area is 217 Å². The quantitative estimate of drug-likeness (QED) is 0.409. The summed E-state index contributed by atoms with van der Waals surface area (Å²) in [6.07, 6.45) is -2.22. The molecule has 0 saturated carbocycles. The lowest BCUT2D eigenvalue weighted by atomic mass is 10.0. The molecule has 2 aromatic carbocycles. The van der Waals surface area contributed by atoms with Crippen LogP contribution in [0.15, 0.2) is 53.9 Å². The molecule has 9 nitrogen and oxygen atoms in total. The first-order valence-corrected chi connectivity index (χ1v) is 12.1. The van der Waals surface area contributed by atoms with Crippen molar-refractivity contribution < 1.29 is 37.0 Å². The molecular formula is C26H27F3N4O5. The van der Waals surface area contributed by atoms with Crippen molar-refractivity contribution in [1.29, 1.82) is 0 Å². The molecule has 2 unspecified atom stereocenters. The van der Waals surface area contributed by atoms with Crippen LogP contribution in [0.2, 0.25) is 0 Å². The van der Waals surface area contributed by atoms with Crippen molar-refractivity contribution in [2.45, 2.75) is 57.2 Å². The molecule has 1 aliphatic heterocycles. The summed E-state index contributed by atoms with van der Waals surface area (Å²) in [7, 11) is 3.26. The van der Waals surface area contributed by atoms with E-state index >= 15 is 0 Å². The number of hydrogen-bond acceptors (Lipinski definition) is 8. The minimum absolute atomic E-state index is 0.0714. The Balaban J connectivity index is 1.27. The molecule has 0 spiro atoms. The normalized spacial score (nSPS) is 24.4. The standard InChI is InChI=1S/C26H27F3N4O5/c1-15-22(34-2)13-23(35-3)25(36-15)38-32-21-11-5-16-12-17(4-10-20(16)21)24-30-14-33(31-24)18-6-8-19(9-7-18)37-26(27,28)29/h4,6-10,12,14-15,22-23,25H,5,11,13H2,1-3H3/b32-21+/t15-,22?,23+,25?/m0/s1. The maximum atomic E-state index is 12.4. The van der Waals surface area contributed by atoms with Gasteiger partial charge in [-0.3, -0.25) is 0 Å². The van der Waals surface area contributed by atoms with Crippen molar-refractivity contribution in [3.05, 3.63) is 59.9 Å². The Hall–Kier alpha value is -3.48. The molecule has 2 heterocycles. The summed E-state index contributed by atoms with van der Waals surface area (Å²) < 4.78 is 59.5. The number of aromatic nitrogens is 3. The van der Waals surface area contributed by atoms with Gasteiger partial charge in [0.15, 0.2) is 5.82 Å². The van der Waals surface area contributed by atoms with Crippen LogP contribution >= 0.6 is 0 Å². The average Bonchev–Trinajstić information content (AvgIpc) is 3.54. The lowest BCUT2D eigenvalue weighted by Crippen LogP contribution is -2.48. The number of methoxy groups -OCH3 is 2. The van der Waals surface area contributed by atoms with E-state index in [0.29, 0.717) is 24.4 Å². The maximum absolute atomic E-state index is 12.4. The van der Waals surface area contributed by atoms with E-state index in [1.165, 1.54) is 35.3 Å². The topological polar surface area (TPSA) is 89.2 Å². The zero-order chi connectivity index (χ0) is 26.9. The predicted molar refractivity (Wildman–Crippen MR) is 130 cm³/mol. The van der Waals surface area contributed by atoms with E-state index in [0.717, 1.165) is 28.8 Å². The number of nitrogens with zero attached hydrogens (tertiary/aromatic N) is 4. The van der Waals surface area contributed by atoms with Gasteiger partial charge in [-0.1, -0.05) is 17.3 Å². The van der Waals surface area contributed by atoms with E-state index < -0.39 is 12.7 Å². The molecule has 0 amide bonds. The van der Waals surface area contributed by atoms with Crippen molar-refractivity contribution in [2.24, 2.45) is 5.16 Å². The molecule has 1 aliphatic carbocycles. The van der Waals surface area contributed by atoms with Gasteiger partial charge >= 0.3 is 6.36 Å². The lowest BCUT2D eigenvalue weighted by Gasteiger charge is -2.37. The fourth-order valence-electron chi connectivity index (χ4n) is 4.65. The van der Waals surface area contributed by atoms with Crippen LogP contribution in [0, 0.1) is 0 Å². The van der Waals surface area contributed by atoms with Gasteiger partial charge in [0.25, 0.3) is 6.29 Å². The summed E-state index contributed by atoms with van der Waals surface area (Å²) in [6, 6.07) is 11.3. The highest BCUT2D eigenvalue weighted by Gasteiger charge is 2.38. The molecule has 1 fully saturated rings. The summed E-state index contributed by atoms with van der Waals surface area (Å²) in [4.78, 5) is 10.1. The summed E-state index contributed by atoms with van der Waals surface area (Å²) >= 11 is 0. The number of aryl methyl sites for hydroxylation is 1. The number of ether oxygens (including phenoxy) is 4. The molecule has 38 heavy (non-hydrogen) atoms. The fraction of sp³-hybridized carbons (Fsp3) is 0.423. The number of halogens is 3. The van der Waals surface area contributed by atoms with Gasteiger partial charge in [-0.05, 0) is 55.7 Å². The minimum atomic E-state index is -4.74. The highest BCUT2D eigenvalue weighted by Crippen LogP contribution is 2.30. The molecule has 0 bridgehead atoms. The molecule has 0 radical (unpaired) electrons. The second kappa shape index (κ2) is 10.7. The van der Waals surface area contributed by atoms with E-state index in [1.54, 1.807) is 14.2 Å². The highest BCUT2D eigenvalue weighted by atomic mass is 19.4. The van der Waals surface area contributed by atoms with E-state index in [2.05, 4.69) is 20.0 Å². The van der Waals surface area contributed by atoms with Crippen LogP contribution in [0.25, 0.3) is 17.1 Å². The van der Waals surface area contributed by atoms with Gasteiger partial charge in [0.05, 0.1) is 23.6 Å². The first-order chi connectivity index (χ1) is 18.2. The van der Waals surface area contributed by atoms with Gasteiger partial charge in [0.2, 0.25) is 0 Å². The molecule has 12 heteroatoms. The second-order valence-electron chi connectivity index (χ2n) is 9.06. The van der Waals surface area contributed by atoms with Crippen LogP contribution in [-0.2, 0) is 25.5 Å². The third-order valence-corrected chi connectivity index (χ3v) is 6.64. The highest BCUT2D eigenvalue weighted by molar-refractivity contribution is 6.04. The molecule has 1 saturated heterocycles. The van der Waals surface area contributed by atoms with E-state index in [-0.39, 0.29) is 24.1 Å². The molecule has 5 rings (SSSR count). The van der Waals surface area contributed by atoms with Gasteiger partial charge in [-0.15, -0.1) is 18.3 Å². The number of hydrogen-bond donors (Lipinski definition) is 0. The first kappa shape index (κ1) is 26.1. The smallest absolute Gasteiger partial charge is 0.406 e. The van der Waals surface area contributed by atoms with Gasteiger partial charge in [0.1, 0.15) is 18.2 Å². The Morgan fingerprint density at radius 1 is 1.03 bits per heavy atom. The molecule has 3 aromatic rings. The monoisotopic (exact) mass is 532 g/mol. The van der Waals surface area contributed by atoms with Crippen molar-refractivity contribution in [2.75, 3.05) is 14.2 Å². The average molecular weight is 533 g/mol. The largest absolute Gasteiger partial charge is 0.573 e. The Kier molecular flexibility index (Phi) is 7.37. The molecular weight excluding hydrogens is 505 g/mol. The number of rotatable bonds is 7. The van der Waals surface area contributed by atoms with Gasteiger partial charge in [-0.2, -0.15) is 0 Å². The fourth-order valence-corrected chi connectivity index (χ4v) is 4.65. The van der Waals surface area contributed by atoms with Crippen molar-refractivity contribution in [3.8, 4) is 22.8 Å². The van der Waals surface area contributed by atoms with Crippen LogP contribution in [-0.4, -0.2) is 65.7 Å². The van der Waals surface area contributed by atoms with Gasteiger partial charge < -0.3 is 23.8 Å². The molecule has 2 aliphatic rings. The SMILES string of the molecule is COC1C[C@@H](OC)C(O/N=C2\CCc3cc(-c4ncn(-c5ccc(OC(F)(F)F)cc5)n4)ccc32)O[C@H]1C. The van der Waals surface area contributed by atoms with Crippen molar-refractivity contribution >= 4 is 5.71 Å². The third kappa shape index (κ3) is 5.66. The Morgan fingerprint density at radius 3 is 2.50 bits per heavy atom. The minimum Gasteiger partial charge on any atom is -0.406 e. The van der Waals surface area contributed by atoms with E-state index in [9.17, 15) is 13.2 Å². The summed E-state index contributed by atoms with van der Waals surface area (Å²) in [5, 5.41) is 8.88. The van der Waals surface area contributed by atoms with Gasteiger partial charge in [-0.25, -0.2) is 9.67 Å². The Bertz CT molecular complexity index is 1290. The Morgan fingerprint density at radius 2 is 1.79 bits per heavy atom. The number of benzene rings is 2. The van der Waals surface area contributed by atoms with E-state index in [1.807, 2.05) is 25.1 Å². The predicted octanol–water partition coefficient (Wildman–Crippen LogP) is 4.66. The van der Waals surface area contributed by atoms with Crippen LogP contribution in [0.4, 0.5) is 13.2 Å². The van der Waals surface area contributed by atoms with Crippen LogP contribution in [0.1, 0.15) is 30.9 Å². The molecule has 0 N–H and O–H groups in total. The lowest BCUT2D eigenvalue weighted by molar-refractivity contribution is -0.274. The summed E-state index contributed by atoms with van der Waals surface area (Å²) in [6.45, 7) is 1.93. The van der Waals surface area contributed by atoms with Gasteiger partial charge in [0, 0.05) is 31.8 Å². The zero-order valence-corrected chi connectivity index (χ0v) is 21.0. The van der Waals surface area contributed by atoms with Crippen LogP contribution in [0.3, 0.4) is 0 Å². The van der Waals surface area contributed by atoms with Crippen molar-refractivity contribution in [3.63, 3.8) is 0 Å². The summed E-state index contributed by atoms with van der Waals surface area (Å²) in [5.41, 5.74) is 4.27. The second-order valence-corrected chi connectivity index (χ2v) is 9.06. The van der Waals surface area contributed by atoms with Crippen LogP contribution < -0.4 is 4.74 Å². The van der Waals surface area contributed by atoms with E-state index in [4.69, 9.17) is 19.0 Å². The number of fused-ring (bicyclic) bond motifs is 1. The van der Waals surface area contributed by atoms with Crippen LogP contribution in [0.5, 0.6) is 5.75 Å². The molecule has 202 valence electrons. The zero-order valence-electron chi connectivity index (χ0n) is 21.0. The molecule has 1 aromatic heterocycles. The molecule has 4 atom stereocenters. The maximum Gasteiger partial charge on any atom is 0.573 e. The summed E-state index contributed by atoms with van der Waals surface area (Å²) in [5.74, 6) is 0.188. The number of oxime groups is 1. The first-order valence-electron chi connectivity index (χ1n) is 12.1.